The molecule has 2 aromatic rings. The first kappa shape index (κ1) is 11.1. The van der Waals surface area contributed by atoms with Gasteiger partial charge in [-0.05, 0) is 25.1 Å². The molecule has 1 aliphatic rings. The third kappa shape index (κ3) is 1.93. The van der Waals surface area contributed by atoms with Gasteiger partial charge in [0.15, 0.2) is 0 Å². The zero-order valence-corrected chi connectivity index (χ0v) is 9.97. The second-order valence-corrected chi connectivity index (χ2v) is 4.29. The summed E-state index contributed by atoms with van der Waals surface area (Å²) in [5.74, 6) is 0.783. The van der Waals surface area contributed by atoms with Crippen LogP contribution in [0, 0.1) is 0 Å². The third-order valence-electron chi connectivity index (χ3n) is 3.09. The lowest BCUT2D eigenvalue weighted by Gasteiger charge is -2.20. The van der Waals surface area contributed by atoms with Crippen molar-refractivity contribution in [2.45, 2.75) is 6.42 Å². The highest BCUT2D eigenvalue weighted by Crippen LogP contribution is 2.23. The van der Waals surface area contributed by atoms with E-state index in [9.17, 15) is 4.79 Å². The summed E-state index contributed by atoms with van der Waals surface area (Å²) in [7, 11) is 0. The Kier molecular flexibility index (Phi) is 2.90. The molecule has 0 radical (unpaired) electrons. The van der Waals surface area contributed by atoms with E-state index in [2.05, 4.69) is 15.3 Å². The monoisotopic (exact) mass is 242 g/mol. The Bertz CT molecular complexity index is 579. The summed E-state index contributed by atoms with van der Waals surface area (Å²) in [5.41, 5.74) is 0.868. The number of carbonyl (C=O) groups is 1. The quantitative estimate of drug-likeness (QED) is 0.809. The summed E-state index contributed by atoms with van der Waals surface area (Å²) in [4.78, 5) is 22.3. The highest BCUT2D eigenvalue weighted by Gasteiger charge is 2.20. The van der Waals surface area contributed by atoms with E-state index in [4.69, 9.17) is 0 Å². The lowest BCUT2D eigenvalue weighted by molar-refractivity contribution is -0.117. The van der Waals surface area contributed by atoms with Gasteiger partial charge in [0.2, 0.25) is 5.91 Å². The number of anilines is 1. The van der Waals surface area contributed by atoms with Gasteiger partial charge in [0.1, 0.15) is 12.1 Å². The Balaban J connectivity index is 2.10. The maximum Gasteiger partial charge on any atom is 0.242 e. The number of fused-ring (bicyclic) bond motifs is 1. The molecular weight excluding hydrogens is 228 g/mol. The van der Waals surface area contributed by atoms with E-state index in [1.807, 2.05) is 24.3 Å². The van der Waals surface area contributed by atoms with E-state index in [1.165, 1.54) is 6.33 Å². The first-order chi connectivity index (χ1) is 8.86. The minimum absolute atomic E-state index is 0.0661. The van der Waals surface area contributed by atoms with Crippen molar-refractivity contribution in [3.8, 4) is 0 Å². The highest BCUT2D eigenvalue weighted by molar-refractivity contribution is 6.01. The maximum absolute atomic E-state index is 12.1. The van der Waals surface area contributed by atoms with Gasteiger partial charge in [-0.3, -0.25) is 9.69 Å². The first-order valence-corrected chi connectivity index (χ1v) is 6.07. The minimum Gasteiger partial charge on any atom is -0.308 e. The number of nitrogens with one attached hydrogen (secondary N) is 1. The molecule has 1 fully saturated rings. The van der Waals surface area contributed by atoms with Gasteiger partial charge in [0, 0.05) is 11.9 Å². The topological polar surface area (TPSA) is 58.1 Å². The number of benzene rings is 1. The standard InChI is InChI=1S/C13H14N4O/c18-12-8-14-6-3-7-17(12)13-10-4-1-2-5-11(10)15-9-16-13/h1-2,4-5,9,14H,3,6-8H2. The van der Waals surface area contributed by atoms with Gasteiger partial charge < -0.3 is 5.32 Å². The lowest BCUT2D eigenvalue weighted by Crippen LogP contribution is -2.35. The molecule has 1 N–H and O–H groups in total. The molecule has 3 rings (SSSR count). The first-order valence-electron chi connectivity index (χ1n) is 6.07. The molecule has 1 aliphatic heterocycles. The molecule has 0 spiro atoms. The molecule has 2 heterocycles. The average molecular weight is 242 g/mol. The number of nitrogens with zero attached hydrogens (tertiary/aromatic N) is 3. The van der Waals surface area contributed by atoms with Crippen molar-refractivity contribution in [2.24, 2.45) is 0 Å². The van der Waals surface area contributed by atoms with Crippen LogP contribution in [-0.2, 0) is 4.79 Å². The summed E-state index contributed by atoms with van der Waals surface area (Å²) >= 11 is 0. The van der Waals surface area contributed by atoms with E-state index in [0.717, 1.165) is 23.9 Å². The molecule has 18 heavy (non-hydrogen) atoms. The van der Waals surface area contributed by atoms with Gasteiger partial charge >= 0.3 is 0 Å². The molecule has 0 bridgehead atoms. The second-order valence-electron chi connectivity index (χ2n) is 4.29. The van der Waals surface area contributed by atoms with Gasteiger partial charge in [-0.2, -0.15) is 0 Å². The number of hydrogen-bond donors (Lipinski definition) is 1. The summed E-state index contributed by atoms with van der Waals surface area (Å²) in [6, 6.07) is 7.76. The van der Waals surface area contributed by atoms with Crippen LogP contribution in [0.25, 0.3) is 10.9 Å². The molecule has 1 aromatic heterocycles. The Hall–Kier alpha value is -2.01. The lowest BCUT2D eigenvalue weighted by atomic mass is 10.2. The SMILES string of the molecule is O=C1CNCCCN1c1ncnc2ccccc12. The van der Waals surface area contributed by atoms with Gasteiger partial charge in [-0.15, -0.1) is 0 Å². The Morgan fingerprint density at radius 1 is 1.22 bits per heavy atom. The van der Waals surface area contributed by atoms with E-state index in [-0.39, 0.29) is 5.91 Å². The fourth-order valence-corrected chi connectivity index (χ4v) is 2.21. The number of aromatic nitrogens is 2. The van der Waals surface area contributed by atoms with E-state index in [0.29, 0.717) is 18.9 Å². The Labute approximate surface area is 105 Å². The van der Waals surface area contributed by atoms with Crippen LogP contribution in [0.1, 0.15) is 6.42 Å². The Morgan fingerprint density at radius 3 is 3.06 bits per heavy atom. The fraction of sp³-hybridized carbons (Fsp3) is 0.308. The number of para-hydroxylation sites is 1. The van der Waals surface area contributed by atoms with Crippen molar-refractivity contribution in [3.05, 3.63) is 30.6 Å². The molecule has 1 saturated heterocycles. The zero-order valence-electron chi connectivity index (χ0n) is 9.97. The van der Waals surface area contributed by atoms with Gasteiger partial charge in [-0.1, -0.05) is 12.1 Å². The summed E-state index contributed by atoms with van der Waals surface area (Å²) in [6.07, 6.45) is 2.45. The minimum atomic E-state index is 0.0661. The van der Waals surface area contributed by atoms with Crippen molar-refractivity contribution < 1.29 is 4.79 Å². The third-order valence-corrected chi connectivity index (χ3v) is 3.09. The van der Waals surface area contributed by atoms with Crippen LogP contribution >= 0.6 is 0 Å². The van der Waals surface area contributed by atoms with Crippen LogP contribution in [-0.4, -0.2) is 35.5 Å². The van der Waals surface area contributed by atoms with Crippen molar-refractivity contribution in [1.29, 1.82) is 0 Å². The molecule has 0 saturated carbocycles. The van der Waals surface area contributed by atoms with Gasteiger partial charge in [0.05, 0.1) is 12.1 Å². The van der Waals surface area contributed by atoms with E-state index in [1.54, 1.807) is 4.90 Å². The molecular formula is C13H14N4O. The van der Waals surface area contributed by atoms with Crippen LogP contribution in [0.15, 0.2) is 30.6 Å². The fourth-order valence-electron chi connectivity index (χ4n) is 2.21. The summed E-state index contributed by atoms with van der Waals surface area (Å²) in [6.45, 7) is 1.94. The number of rotatable bonds is 1. The van der Waals surface area contributed by atoms with E-state index < -0.39 is 0 Å². The Morgan fingerprint density at radius 2 is 2.11 bits per heavy atom. The average Bonchev–Trinajstić information content (AvgIpc) is 2.63. The zero-order chi connectivity index (χ0) is 12.4. The van der Waals surface area contributed by atoms with Crippen molar-refractivity contribution >= 4 is 22.6 Å². The summed E-state index contributed by atoms with van der Waals surface area (Å²) in [5, 5.41) is 4.04. The molecule has 0 aliphatic carbocycles. The number of hydrogen-bond acceptors (Lipinski definition) is 4. The smallest absolute Gasteiger partial charge is 0.242 e. The van der Waals surface area contributed by atoms with Crippen LogP contribution in [0.2, 0.25) is 0 Å². The molecule has 1 aromatic carbocycles. The van der Waals surface area contributed by atoms with Gasteiger partial charge in [-0.25, -0.2) is 9.97 Å². The number of amides is 1. The number of carbonyl (C=O) groups excluding carboxylic acids is 1. The molecule has 0 atom stereocenters. The van der Waals surface area contributed by atoms with Crippen LogP contribution in [0.4, 0.5) is 5.82 Å². The van der Waals surface area contributed by atoms with E-state index >= 15 is 0 Å². The van der Waals surface area contributed by atoms with Crippen molar-refractivity contribution in [3.63, 3.8) is 0 Å². The van der Waals surface area contributed by atoms with Crippen LogP contribution in [0.3, 0.4) is 0 Å². The largest absolute Gasteiger partial charge is 0.308 e. The van der Waals surface area contributed by atoms with Crippen LogP contribution < -0.4 is 10.2 Å². The van der Waals surface area contributed by atoms with Crippen molar-refractivity contribution in [2.75, 3.05) is 24.5 Å². The molecule has 5 nitrogen and oxygen atoms in total. The molecule has 92 valence electrons. The molecule has 5 heteroatoms. The van der Waals surface area contributed by atoms with Gasteiger partial charge in [0.25, 0.3) is 0 Å². The second kappa shape index (κ2) is 4.70. The predicted octanol–water partition coefficient (Wildman–Crippen LogP) is 0.956. The highest BCUT2D eigenvalue weighted by atomic mass is 16.2. The van der Waals surface area contributed by atoms with Crippen LogP contribution in [0.5, 0.6) is 0 Å². The normalized spacial score (nSPS) is 16.9. The van der Waals surface area contributed by atoms with Crippen molar-refractivity contribution in [1.82, 2.24) is 15.3 Å². The molecule has 0 unspecified atom stereocenters. The maximum atomic E-state index is 12.1. The summed E-state index contributed by atoms with van der Waals surface area (Å²) < 4.78 is 0. The predicted molar refractivity (Wildman–Crippen MR) is 69.4 cm³/mol. The molecule has 1 amide bonds.